The molecule has 0 spiro atoms. The van der Waals surface area contributed by atoms with E-state index < -0.39 is 24.8 Å². The predicted molar refractivity (Wildman–Crippen MR) is 19.2 cm³/mol. The third kappa shape index (κ3) is 11.2. The molecule has 0 fully saturated rings. The number of carbonyl (C=O) groups is 2. The SMILES string of the molecule is O=C([O-])CCC(=O)[O-].[Cr+2]. The van der Waals surface area contributed by atoms with Crippen molar-refractivity contribution in [2.75, 3.05) is 0 Å². The van der Waals surface area contributed by atoms with Crippen molar-refractivity contribution in [3.05, 3.63) is 0 Å². The van der Waals surface area contributed by atoms with Crippen molar-refractivity contribution in [3.8, 4) is 0 Å². The summed E-state index contributed by atoms with van der Waals surface area (Å²) < 4.78 is 0. The summed E-state index contributed by atoms with van der Waals surface area (Å²) in [5.41, 5.74) is 0. The molecule has 0 radical (unpaired) electrons. The van der Waals surface area contributed by atoms with Gasteiger partial charge in [-0.25, -0.2) is 0 Å². The van der Waals surface area contributed by atoms with E-state index in [9.17, 15) is 19.8 Å². The van der Waals surface area contributed by atoms with Gasteiger partial charge in [0.25, 0.3) is 0 Å². The molecule has 0 rings (SSSR count). The molecule has 50 valence electrons. The van der Waals surface area contributed by atoms with Crippen LogP contribution in [-0.4, -0.2) is 11.9 Å². The maximum Gasteiger partial charge on any atom is 2.00 e. The maximum absolute atomic E-state index is 9.50. The van der Waals surface area contributed by atoms with Gasteiger partial charge in [0.15, 0.2) is 0 Å². The summed E-state index contributed by atoms with van der Waals surface area (Å²) in [6.07, 6.45) is -0.940. The Morgan fingerprint density at radius 3 is 1.33 bits per heavy atom. The van der Waals surface area contributed by atoms with Gasteiger partial charge in [0.2, 0.25) is 0 Å². The Morgan fingerprint density at radius 1 is 1.00 bits per heavy atom. The molecule has 0 unspecified atom stereocenters. The molecule has 0 N–H and O–H groups in total. The summed E-state index contributed by atoms with van der Waals surface area (Å²) in [7, 11) is 0. The van der Waals surface area contributed by atoms with E-state index in [4.69, 9.17) is 0 Å². The van der Waals surface area contributed by atoms with Gasteiger partial charge in [-0.2, -0.15) is 0 Å². The third-order valence-electron chi connectivity index (χ3n) is 0.533. The third-order valence-corrected chi connectivity index (χ3v) is 0.533. The van der Waals surface area contributed by atoms with Gasteiger partial charge < -0.3 is 19.8 Å². The molecule has 0 bridgehead atoms. The van der Waals surface area contributed by atoms with Crippen LogP contribution in [0.15, 0.2) is 0 Å². The molecule has 0 saturated carbocycles. The first kappa shape index (κ1) is 11.3. The molecule has 0 saturated heterocycles. The van der Waals surface area contributed by atoms with Gasteiger partial charge >= 0.3 is 17.4 Å². The average molecular weight is 168 g/mol. The zero-order valence-corrected chi connectivity index (χ0v) is 5.73. The van der Waals surface area contributed by atoms with Crippen LogP contribution < -0.4 is 10.2 Å². The van der Waals surface area contributed by atoms with Gasteiger partial charge in [-0.3, -0.25) is 0 Å². The van der Waals surface area contributed by atoms with E-state index in [0.717, 1.165) is 0 Å². The number of aliphatic carboxylic acids is 2. The smallest absolute Gasteiger partial charge is 0.550 e. The first-order valence-electron chi connectivity index (χ1n) is 2.02. The van der Waals surface area contributed by atoms with Gasteiger partial charge in [0.05, 0.1) is 0 Å². The van der Waals surface area contributed by atoms with E-state index in [1.165, 1.54) is 0 Å². The first-order chi connectivity index (χ1) is 3.63. The summed E-state index contributed by atoms with van der Waals surface area (Å²) >= 11 is 0. The molecule has 0 aliphatic carbocycles. The number of carboxylic acid groups (broad SMARTS) is 2. The van der Waals surface area contributed by atoms with Crippen LogP contribution in [0.5, 0.6) is 0 Å². The zero-order valence-electron chi connectivity index (χ0n) is 4.46. The Morgan fingerprint density at radius 2 is 1.22 bits per heavy atom. The van der Waals surface area contributed by atoms with Crippen molar-refractivity contribution in [2.24, 2.45) is 0 Å². The summed E-state index contributed by atoms with van der Waals surface area (Å²) in [6.45, 7) is 0. The molecular weight excluding hydrogens is 164 g/mol. The average Bonchev–Trinajstić information content (AvgIpc) is 1.61. The summed E-state index contributed by atoms with van der Waals surface area (Å²) in [5, 5.41) is 19.0. The molecule has 0 aromatic carbocycles. The van der Waals surface area contributed by atoms with Crippen molar-refractivity contribution in [1.82, 2.24) is 0 Å². The Hall–Kier alpha value is -0.528. The molecule has 0 amide bonds. The predicted octanol–water partition coefficient (Wildman–Crippen LogP) is -2.74. The molecule has 5 heteroatoms. The molecule has 4 nitrogen and oxygen atoms in total. The molecule has 0 aromatic heterocycles. The minimum Gasteiger partial charge on any atom is -0.550 e. The van der Waals surface area contributed by atoms with Crippen molar-refractivity contribution >= 4 is 11.9 Å². The van der Waals surface area contributed by atoms with Crippen LogP contribution in [0.3, 0.4) is 0 Å². The van der Waals surface area contributed by atoms with Crippen LogP contribution in [0.4, 0.5) is 0 Å². The van der Waals surface area contributed by atoms with E-state index in [2.05, 4.69) is 0 Å². The number of carbonyl (C=O) groups excluding carboxylic acids is 2. The normalized spacial score (nSPS) is 7.56. The fraction of sp³-hybridized carbons (Fsp3) is 0.500. The Labute approximate surface area is 62.6 Å². The van der Waals surface area contributed by atoms with Crippen LogP contribution in [0.2, 0.25) is 0 Å². The topological polar surface area (TPSA) is 80.3 Å². The van der Waals surface area contributed by atoms with E-state index in [1.807, 2.05) is 0 Å². The van der Waals surface area contributed by atoms with Crippen LogP contribution in [0.1, 0.15) is 12.8 Å². The van der Waals surface area contributed by atoms with E-state index in [1.54, 1.807) is 0 Å². The second-order valence-corrected chi connectivity index (χ2v) is 1.24. The molecule has 0 aromatic rings. The van der Waals surface area contributed by atoms with Gasteiger partial charge in [0.1, 0.15) is 0 Å². The van der Waals surface area contributed by atoms with E-state index in [-0.39, 0.29) is 17.4 Å². The molecule has 0 atom stereocenters. The Balaban J connectivity index is 0. The Bertz CT molecular complexity index is 97.1. The molecule has 9 heavy (non-hydrogen) atoms. The Kier molecular flexibility index (Phi) is 7.03. The maximum atomic E-state index is 9.50. The second-order valence-electron chi connectivity index (χ2n) is 1.24. The summed E-state index contributed by atoms with van der Waals surface area (Å²) in [5.74, 6) is -2.73. The largest absolute Gasteiger partial charge is 2.00 e. The summed E-state index contributed by atoms with van der Waals surface area (Å²) in [6, 6.07) is 0. The van der Waals surface area contributed by atoms with Crippen LogP contribution in [0.25, 0.3) is 0 Å². The minimum absolute atomic E-state index is 0. The van der Waals surface area contributed by atoms with Crippen LogP contribution in [-0.2, 0) is 27.0 Å². The van der Waals surface area contributed by atoms with Gasteiger partial charge in [0, 0.05) is 11.9 Å². The van der Waals surface area contributed by atoms with Gasteiger partial charge in [-0.05, 0) is 12.8 Å². The van der Waals surface area contributed by atoms with Crippen LogP contribution >= 0.6 is 0 Å². The fourth-order valence-corrected chi connectivity index (χ4v) is 0.204. The first-order valence-corrected chi connectivity index (χ1v) is 2.02. The number of hydrogen-bond donors (Lipinski definition) is 0. The monoisotopic (exact) mass is 168 g/mol. The molecule has 0 heterocycles. The zero-order chi connectivity index (χ0) is 6.57. The number of carboxylic acids is 2. The second kappa shape index (κ2) is 5.61. The van der Waals surface area contributed by atoms with Crippen LogP contribution in [0, 0.1) is 0 Å². The fourth-order valence-electron chi connectivity index (χ4n) is 0.204. The van der Waals surface area contributed by atoms with Crippen molar-refractivity contribution in [3.63, 3.8) is 0 Å². The standard InChI is InChI=1S/C4H6O4.Cr/c5-3(6)1-2-4(7)8;/h1-2H2,(H,5,6)(H,7,8);/q;+2/p-2. The van der Waals surface area contributed by atoms with E-state index in [0.29, 0.717) is 0 Å². The van der Waals surface area contributed by atoms with Crippen molar-refractivity contribution in [2.45, 2.75) is 12.8 Å². The van der Waals surface area contributed by atoms with Gasteiger partial charge in [-0.1, -0.05) is 0 Å². The molecule has 0 aliphatic rings. The van der Waals surface area contributed by atoms with E-state index >= 15 is 0 Å². The van der Waals surface area contributed by atoms with Crippen molar-refractivity contribution in [1.29, 1.82) is 0 Å². The summed E-state index contributed by atoms with van der Waals surface area (Å²) in [4.78, 5) is 19.0. The molecular formula is C4H4CrO4. The quantitative estimate of drug-likeness (QED) is 0.458. The molecule has 0 aliphatic heterocycles. The van der Waals surface area contributed by atoms with Crippen molar-refractivity contribution < 1.29 is 37.2 Å². The number of rotatable bonds is 3. The minimum atomic E-state index is -1.37. The number of hydrogen-bond acceptors (Lipinski definition) is 4. The van der Waals surface area contributed by atoms with Gasteiger partial charge in [-0.15, -0.1) is 0 Å².